The van der Waals surface area contributed by atoms with E-state index in [4.69, 9.17) is 4.74 Å². The van der Waals surface area contributed by atoms with Crippen molar-refractivity contribution in [2.75, 3.05) is 25.1 Å². The van der Waals surface area contributed by atoms with Gasteiger partial charge in [-0.2, -0.15) is 0 Å². The van der Waals surface area contributed by atoms with Crippen LogP contribution in [0, 0.1) is 5.41 Å². The third-order valence-corrected chi connectivity index (χ3v) is 4.33. The zero-order chi connectivity index (χ0) is 15.3. The van der Waals surface area contributed by atoms with Crippen LogP contribution < -0.4 is 4.90 Å². The second-order valence-electron chi connectivity index (χ2n) is 5.92. The number of anilines is 1. The van der Waals surface area contributed by atoms with E-state index in [9.17, 15) is 9.90 Å². The van der Waals surface area contributed by atoms with Crippen LogP contribution in [-0.4, -0.2) is 42.4 Å². The quantitative estimate of drug-likeness (QED) is 0.841. The summed E-state index contributed by atoms with van der Waals surface area (Å²) in [5.74, 6) is 0.557. The zero-order valence-electron chi connectivity index (χ0n) is 12.8. The Labute approximate surface area is 125 Å². The number of pyridine rings is 1. The first-order valence-electron chi connectivity index (χ1n) is 7.51. The number of aliphatic hydroxyl groups excluding tert-OH is 1. The molecular weight excluding hydrogens is 268 g/mol. The topological polar surface area (TPSA) is 62.7 Å². The molecule has 1 fully saturated rings. The van der Waals surface area contributed by atoms with Crippen LogP contribution in [-0.2, 0) is 9.53 Å². The molecule has 0 amide bonds. The lowest BCUT2D eigenvalue weighted by molar-refractivity contribution is -0.164. The Hall–Kier alpha value is -1.62. The van der Waals surface area contributed by atoms with Gasteiger partial charge in [-0.25, -0.2) is 4.98 Å². The van der Waals surface area contributed by atoms with Gasteiger partial charge < -0.3 is 14.7 Å². The SMILES string of the molecule is CN(CCOC(=O)[C@]1(C)CCCCC1O)c1ccccn1. The first-order valence-corrected chi connectivity index (χ1v) is 7.51. The summed E-state index contributed by atoms with van der Waals surface area (Å²) >= 11 is 0. The molecule has 0 bridgehead atoms. The van der Waals surface area contributed by atoms with E-state index in [1.54, 1.807) is 6.20 Å². The van der Waals surface area contributed by atoms with Crippen LogP contribution in [0.2, 0.25) is 0 Å². The molecule has 1 aromatic heterocycles. The molecule has 5 heteroatoms. The predicted molar refractivity (Wildman–Crippen MR) is 81.0 cm³/mol. The van der Waals surface area contributed by atoms with E-state index in [1.807, 2.05) is 37.1 Å². The highest BCUT2D eigenvalue weighted by atomic mass is 16.5. The Morgan fingerprint density at radius 1 is 1.52 bits per heavy atom. The van der Waals surface area contributed by atoms with Crippen molar-refractivity contribution in [2.45, 2.75) is 38.7 Å². The van der Waals surface area contributed by atoms with Crippen molar-refractivity contribution in [1.82, 2.24) is 4.98 Å². The van der Waals surface area contributed by atoms with Gasteiger partial charge in [0.1, 0.15) is 12.4 Å². The van der Waals surface area contributed by atoms with Crippen molar-refractivity contribution >= 4 is 11.8 Å². The molecule has 2 atom stereocenters. The van der Waals surface area contributed by atoms with Gasteiger partial charge in [-0.1, -0.05) is 18.9 Å². The monoisotopic (exact) mass is 292 g/mol. The van der Waals surface area contributed by atoms with Crippen molar-refractivity contribution in [1.29, 1.82) is 0 Å². The lowest BCUT2D eigenvalue weighted by Gasteiger charge is -2.36. The van der Waals surface area contributed by atoms with Crippen molar-refractivity contribution in [3.63, 3.8) is 0 Å². The smallest absolute Gasteiger partial charge is 0.314 e. The number of nitrogens with zero attached hydrogens (tertiary/aromatic N) is 2. The second kappa shape index (κ2) is 6.89. The molecule has 0 radical (unpaired) electrons. The van der Waals surface area contributed by atoms with Gasteiger partial charge in [-0.05, 0) is 31.9 Å². The molecule has 1 aromatic rings. The number of aromatic nitrogens is 1. The van der Waals surface area contributed by atoms with Gasteiger partial charge in [0.15, 0.2) is 0 Å². The van der Waals surface area contributed by atoms with Gasteiger partial charge in [0.05, 0.1) is 18.1 Å². The lowest BCUT2D eigenvalue weighted by Crippen LogP contribution is -2.44. The number of carbonyl (C=O) groups is 1. The number of rotatable bonds is 5. The van der Waals surface area contributed by atoms with E-state index in [2.05, 4.69) is 4.98 Å². The first kappa shape index (κ1) is 15.8. The summed E-state index contributed by atoms with van der Waals surface area (Å²) in [5, 5.41) is 10.1. The molecule has 5 nitrogen and oxygen atoms in total. The molecule has 1 aliphatic rings. The molecule has 1 unspecified atom stereocenters. The largest absolute Gasteiger partial charge is 0.463 e. The van der Waals surface area contributed by atoms with Crippen molar-refractivity contribution in [2.24, 2.45) is 5.41 Å². The standard InChI is InChI=1S/C16H24N2O3/c1-16(9-5-3-7-13(16)19)15(20)21-12-11-18(2)14-8-4-6-10-17-14/h4,6,8,10,13,19H,3,5,7,9,11-12H2,1-2H3/t13?,16-/m1/s1. The Balaban J connectivity index is 1.81. The van der Waals surface area contributed by atoms with Gasteiger partial charge in [0, 0.05) is 13.2 Å². The maximum Gasteiger partial charge on any atom is 0.314 e. The second-order valence-corrected chi connectivity index (χ2v) is 5.92. The Morgan fingerprint density at radius 2 is 2.33 bits per heavy atom. The van der Waals surface area contributed by atoms with Gasteiger partial charge >= 0.3 is 5.97 Å². The third-order valence-electron chi connectivity index (χ3n) is 4.33. The van der Waals surface area contributed by atoms with E-state index >= 15 is 0 Å². The number of ether oxygens (including phenoxy) is 1. The maximum atomic E-state index is 12.2. The van der Waals surface area contributed by atoms with Crippen molar-refractivity contribution < 1.29 is 14.6 Å². The average molecular weight is 292 g/mol. The van der Waals surface area contributed by atoms with E-state index in [-0.39, 0.29) is 5.97 Å². The van der Waals surface area contributed by atoms with Crippen LogP contribution in [0.25, 0.3) is 0 Å². The highest BCUT2D eigenvalue weighted by Crippen LogP contribution is 2.37. The minimum Gasteiger partial charge on any atom is -0.463 e. The molecule has 2 rings (SSSR count). The van der Waals surface area contributed by atoms with Crippen molar-refractivity contribution in [3.8, 4) is 0 Å². The van der Waals surface area contributed by atoms with E-state index in [1.165, 1.54) is 0 Å². The predicted octanol–water partition coefficient (Wildman–Crippen LogP) is 2.00. The van der Waals surface area contributed by atoms with E-state index in [0.717, 1.165) is 18.7 Å². The summed E-state index contributed by atoms with van der Waals surface area (Å²) in [7, 11) is 1.91. The highest BCUT2D eigenvalue weighted by Gasteiger charge is 2.43. The summed E-state index contributed by atoms with van der Waals surface area (Å²) in [6, 6.07) is 5.70. The number of hydrogen-bond donors (Lipinski definition) is 1. The Morgan fingerprint density at radius 3 is 3.00 bits per heavy atom. The Kier molecular flexibility index (Phi) is 5.17. The van der Waals surface area contributed by atoms with Gasteiger partial charge in [-0.3, -0.25) is 4.79 Å². The highest BCUT2D eigenvalue weighted by molar-refractivity contribution is 5.77. The summed E-state index contributed by atoms with van der Waals surface area (Å²) in [6.45, 7) is 2.69. The van der Waals surface area contributed by atoms with Gasteiger partial charge in [0.2, 0.25) is 0 Å². The summed E-state index contributed by atoms with van der Waals surface area (Å²) in [4.78, 5) is 18.4. The van der Waals surface area contributed by atoms with Crippen molar-refractivity contribution in [3.05, 3.63) is 24.4 Å². The average Bonchev–Trinajstić information content (AvgIpc) is 2.51. The van der Waals surface area contributed by atoms with E-state index < -0.39 is 11.5 Å². The molecule has 0 saturated heterocycles. The minimum absolute atomic E-state index is 0.288. The molecular formula is C16H24N2O3. The fourth-order valence-electron chi connectivity index (χ4n) is 2.69. The molecule has 0 spiro atoms. The Bertz CT molecular complexity index is 466. The third kappa shape index (κ3) is 3.73. The zero-order valence-corrected chi connectivity index (χ0v) is 12.8. The number of hydrogen-bond acceptors (Lipinski definition) is 5. The van der Waals surface area contributed by atoms with Crippen LogP contribution in [0.5, 0.6) is 0 Å². The number of esters is 1. The molecule has 1 aliphatic carbocycles. The summed E-state index contributed by atoms with van der Waals surface area (Å²) < 4.78 is 5.38. The lowest BCUT2D eigenvalue weighted by atomic mass is 9.73. The van der Waals surface area contributed by atoms with Gasteiger partial charge in [-0.15, -0.1) is 0 Å². The number of carbonyl (C=O) groups excluding carboxylic acids is 1. The maximum absolute atomic E-state index is 12.2. The molecule has 21 heavy (non-hydrogen) atoms. The summed E-state index contributed by atoms with van der Waals surface area (Å²) in [6.07, 6.45) is 4.47. The number of aliphatic hydroxyl groups is 1. The molecule has 1 heterocycles. The van der Waals surface area contributed by atoms with Crippen LogP contribution in [0.3, 0.4) is 0 Å². The minimum atomic E-state index is -0.748. The van der Waals surface area contributed by atoms with Gasteiger partial charge in [0.25, 0.3) is 0 Å². The number of likely N-dealkylation sites (N-methyl/N-ethyl adjacent to an activating group) is 1. The molecule has 116 valence electrons. The van der Waals surface area contributed by atoms with Crippen LogP contribution in [0.15, 0.2) is 24.4 Å². The molecule has 1 N–H and O–H groups in total. The molecule has 0 aromatic carbocycles. The van der Waals surface area contributed by atoms with E-state index in [0.29, 0.717) is 26.0 Å². The molecule has 1 saturated carbocycles. The summed E-state index contributed by atoms with van der Waals surface area (Å²) in [5.41, 5.74) is -0.748. The normalized spacial score (nSPS) is 25.4. The van der Waals surface area contributed by atoms with Crippen LogP contribution >= 0.6 is 0 Å². The first-order chi connectivity index (χ1) is 10.0. The molecule has 0 aliphatic heterocycles. The van der Waals surface area contributed by atoms with Crippen LogP contribution in [0.4, 0.5) is 5.82 Å². The van der Waals surface area contributed by atoms with Crippen LogP contribution in [0.1, 0.15) is 32.6 Å². The fraction of sp³-hybridized carbons (Fsp3) is 0.625. The fourth-order valence-corrected chi connectivity index (χ4v) is 2.69.